The van der Waals surface area contributed by atoms with E-state index in [2.05, 4.69) is 11.7 Å². The molecule has 5 nitrogen and oxygen atoms in total. The number of carbonyl (C=O) groups is 1. The first-order valence-electron chi connectivity index (χ1n) is 8.30. The summed E-state index contributed by atoms with van der Waals surface area (Å²) in [7, 11) is 0. The molecule has 1 aliphatic heterocycles. The molecule has 132 valence electrons. The minimum atomic E-state index is -0.514. The summed E-state index contributed by atoms with van der Waals surface area (Å²) in [4.78, 5) is 17.0. The van der Waals surface area contributed by atoms with E-state index in [-0.39, 0.29) is 5.75 Å². The van der Waals surface area contributed by atoms with E-state index in [0.717, 1.165) is 5.56 Å². The maximum absolute atomic E-state index is 12.1. The standard InChI is InChI=1S/C21H19NO4/c1-3-8-16-11-14(13-18(20(16)23)25-4-2)12-17-19(22-26-21(17)24)15-9-6-5-7-10-15/h3,5-7,9-13,23H,1,4,8H2,2H3/b17-12-. The van der Waals surface area contributed by atoms with Gasteiger partial charge in [0.25, 0.3) is 0 Å². The molecule has 0 spiro atoms. The Kier molecular flexibility index (Phi) is 5.17. The number of phenols is 1. The number of phenolic OH excluding ortho intramolecular Hbond substituents is 1. The lowest BCUT2D eigenvalue weighted by Crippen LogP contribution is -2.06. The lowest BCUT2D eigenvalue weighted by molar-refractivity contribution is -0.136. The third-order valence-electron chi connectivity index (χ3n) is 3.89. The van der Waals surface area contributed by atoms with Crippen molar-refractivity contribution in [3.8, 4) is 11.5 Å². The fourth-order valence-corrected chi connectivity index (χ4v) is 2.73. The molecule has 3 rings (SSSR count). The van der Waals surface area contributed by atoms with Crippen molar-refractivity contribution in [3.05, 3.63) is 77.4 Å². The Bertz CT molecular complexity index is 898. The number of hydrogen-bond donors (Lipinski definition) is 1. The van der Waals surface area contributed by atoms with Crippen molar-refractivity contribution in [1.29, 1.82) is 0 Å². The Morgan fingerprint density at radius 2 is 2.04 bits per heavy atom. The molecule has 0 aliphatic carbocycles. The number of allylic oxidation sites excluding steroid dienone is 1. The number of benzene rings is 2. The average Bonchev–Trinajstić information content (AvgIpc) is 3.00. The second-order valence-corrected chi connectivity index (χ2v) is 5.70. The molecule has 0 fully saturated rings. The molecule has 5 heteroatoms. The van der Waals surface area contributed by atoms with Gasteiger partial charge >= 0.3 is 5.97 Å². The van der Waals surface area contributed by atoms with Gasteiger partial charge in [0.05, 0.1) is 12.2 Å². The van der Waals surface area contributed by atoms with Crippen LogP contribution in [-0.2, 0) is 16.1 Å². The molecule has 0 unspecified atom stereocenters. The van der Waals surface area contributed by atoms with E-state index >= 15 is 0 Å². The van der Waals surface area contributed by atoms with Gasteiger partial charge in [0.1, 0.15) is 5.71 Å². The number of hydrogen-bond acceptors (Lipinski definition) is 5. The third-order valence-corrected chi connectivity index (χ3v) is 3.89. The zero-order valence-corrected chi connectivity index (χ0v) is 14.4. The van der Waals surface area contributed by atoms with Crippen LogP contribution in [0.25, 0.3) is 6.08 Å². The molecule has 1 heterocycles. The first-order valence-corrected chi connectivity index (χ1v) is 8.30. The van der Waals surface area contributed by atoms with Crippen LogP contribution in [0.15, 0.2) is 65.8 Å². The fourth-order valence-electron chi connectivity index (χ4n) is 2.73. The number of nitrogens with zero attached hydrogens (tertiary/aromatic N) is 1. The Morgan fingerprint density at radius 1 is 1.27 bits per heavy atom. The molecule has 0 amide bonds. The predicted molar refractivity (Wildman–Crippen MR) is 100 cm³/mol. The Hall–Kier alpha value is -3.34. The van der Waals surface area contributed by atoms with Crippen molar-refractivity contribution in [2.24, 2.45) is 5.16 Å². The van der Waals surface area contributed by atoms with E-state index < -0.39 is 5.97 Å². The number of carbonyl (C=O) groups excluding carboxylic acids is 1. The van der Waals surface area contributed by atoms with Crippen LogP contribution >= 0.6 is 0 Å². The first kappa shape index (κ1) is 17.5. The third kappa shape index (κ3) is 3.52. The molecule has 0 aromatic heterocycles. The Labute approximate surface area is 151 Å². The van der Waals surface area contributed by atoms with Crippen molar-refractivity contribution in [3.63, 3.8) is 0 Å². The van der Waals surface area contributed by atoms with E-state index in [1.807, 2.05) is 37.3 Å². The first-order chi connectivity index (χ1) is 12.6. The summed E-state index contributed by atoms with van der Waals surface area (Å²) in [5.41, 5.74) is 3.00. The van der Waals surface area contributed by atoms with Crippen LogP contribution in [0.5, 0.6) is 11.5 Å². The van der Waals surface area contributed by atoms with Gasteiger partial charge in [-0.1, -0.05) is 41.6 Å². The van der Waals surface area contributed by atoms with Crippen molar-refractivity contribution in [2.75, 3.05) is 6.61 Å². The summed E-state index contributed by atoms with van der Waals surface area (Å²) in [6.07, 6.45) is 3.87. The van der Waals surface area contributed by atoms with E-state index in [1.165, 1.54) is 0 Å². The quantitative estimate of drug-likeness (QED) is 0.488. The van der Waals surface area contributed by atoms with Crippen molar-refractivity contribution in [1.82, 2.24) is 0 Å². The Morgan fingerprint density at radius 3 is 2.73 bits per heavy atom. The number of aromatic hydroxyl groups is 1. The minimum absolute atomic E-state index is 0.0832. The molecule has 1 N–H and O–H groups in total. The van der Waals surface area contributed by atoms with Gasteiger partial charge in [-0.3, -0.25) is 0 Å². The van der Waals surface area contributed by atoms with Crippen LogP contribution in [0.1, 0.15) is 23.6 Å². The monoisotopic (exact) mass is 349 g/mol. The van der Waals surface area contributed by atoms with Gasteiger partial charge in [0.2, 0.25) is 0 Å². The normalized spacial score (nSPS) is 14.9. The predicted octanol–water partition coefficient (Wildman–Crippen LogP) is 3.86. The number of rotatable bonds is 6. The maximum atomic E-state index is 12.1. The highest BCUT2D eigenvalue weighted by atomic mass is 16.7. The van der Waals surface area contributed by atoms with Gasteiger partial charge in [-0.25, -0.2) is 4.79 Å². The summed E-state index contributed by atoms with van der Waals surface area (Å²) < 4.78 is 5.51. The summed E-state index contributed by atoms with van der Waals surface area (Å²) >= 11 is 0. The lowest BCUT2D eigenvalue weighted by Gasteiger charge is -2.11. The highest BCUT2D eigenvalue weighted by Crippen LogP contribution is 2.33. The second-order valence-electron chi connectivity index (χ2n) is 5.70. The van der Waals surface area contributed by atoms with Gasteiger partial charge in [-0.15, -0.1) is 6.58 Å². The van der Waals surface area contributed by atoms with Crippen molar-refractivity contribution >= 4 is 17.8 Å². The minimum Gasteiger partial charge on any atom is -0.504 e. The van der Waals surface area contributed by atoms with Crippen LogP contribution in [0.2, 0.25) is 0 Å². The molecule has 1 aliphatic rings. The summed E-state index contributed by atoms with van der Waals surface area (Å²) in [6.45, 7) is 5.96. The van der Waals surface area contributed by atoms with Gasteiger partial charge < -0.3 is 14.7 Å². The van der Waals surface area contributed by atoms with Gasteiger partial charge in [0.15, 0.2) is 11.5 Å². The highest BCUT2D eigenvalue weighted by molar-refractivity contribution is 6.31. The smallest absolute Gasteiger partial charge is 0.368 e. The lowest BCUT2D eigenvalue weighted by atomic mass is 9.99. The molecule has 0 saturated heterocycles. The van der Waals surface area contributed by atoms with Gasteiger partial charge in [-0.2, -0.15) is 0 Å². The molecule has 2 aromatic carbocycles. The summed E-state index contributed by atoms with van der Waals surface area (Å²) in [5, 5.41) is 14.2. The number of oxime groups is 1. The summed E-state index contributed by atoms with van der Waals surface area (Å²) in [6, 6.07) is 12.8. The molecule has 0 bridgehead atoms. The van der Waals surface area contributed by atoms with Gasteiger partial charge in [0, 0.05) is 11.1 Å². The van der Waals surface area contributed by atoms with Crippen LogP contribution in [0, 0.1) is 0 Å². The van der Waals surface area contributed by atoms with E-state index in [1.54, 1.807) is 24.3 Å². The molecule has 0 saturated carbocycles. The number of ether oxygens (including phenoxy) is 1. The van der Waals surface area contributed by atoms with Gasteiger partial charge in [-0.05, 0) is 37.1 Å². The summed E-state index contributed by atoms with van der Waals surface area (Å²) in [5.74, 6) is -0.0664. The van der Waals surface area contributed by atoms with Crippen molar-refractivity contribution < 1.29 is 19.5 Å². The molecule has 0 atom stereocenters. The average molecular weight is 349 g/mol. The van der Waals surface area contributed by atoms with Crippen molar-refractivity contribution in [2.45, 2.75) is 13.3 Å². The SMILES string of the molecule is C=CCc1cc(/C=C2\C(=O)ON=C2c2ccccc2)cc(OCC)c1O. The van der Waals surface area contributed by atoms with E-state index in [9.17, 15) is 9.90 Å². The van der Waals surface area contributed by atoms with Crippen LogP contribution in [-0.4, -0.2) is 23.4 Å². The highest BCUT2D eigenvalue weighted by Gasteiger charge is 2.27. The second kappa shape index (κ2) is 7.70. The zero-order valence-electron chi connectivity index (χ0n) is 14.4. The topological polar surface area (TPSA) is 68.1 Å². The van der Waals surface area contributed by atoms with Crippen LogP contribution in [0.3, 0.4) is 0 Å². The van der Waals surface area contributed by atoms with E-state index in [4.69, 9.17) is 9.57 Å². The maximum Gasteiger partial charge on any atom is 0.368 e. The zero-order chi connectivity index (χ0) is 18.5. The molecule has 26 heavy (non-hydrogen) atoms. The molecular weight excluding hydrogens is 330 g/mol. The van der Waals surface area contributed by atoms with Crippen LogP contribution in [0.4, 0.5) is 0 Å². The molecular formula is C21H19NO4. The van der Waals surface area contributed by atoms with Crippen LogP contribution < -0.4 is 4.74 Å². The molecule has 2 aromatic rings. The Balaban J connectivity index is 2.06. The fraction of sp³-hybridized carbons (Fsp3) is 0.143. The van der Waals surface area contributed by atoms with E-state index in [0.29, 0.717) is 41.2 Å². The molecule has 0 radical (unpaired) electrons. The largest absolute Gasteiger partial charge is 0.504 e.